The lowest BCUT2D eigenvalue weighted by Crippen LogP contribution is -2.07. The Morgan fingerprint density at radius 2 is 2.45 bits per heavy atom. The summed E-state index contributed by atoms with van der Waals surface area (Å²) in [5.74, 6) is 0.671. The third-order valence-corrected chi connectivity index (χ3v) is 2.26. The van der Waals surface area contributed by atoms with Gasteiger partial charge < -0.3 is 4.98 Å². The molecule has 0 radical (unpaired) electrons. The lowest BCUT2D eigenvalue weighted by atomic mass is 10.4. The van der Waals surface area contributed by atoms with Crippen molar-refractivity contribution < 1.29 is 0 Å². The van der Waals surface area contributed by atoms with Crippen LogP contribution in [0.4, 0.5) is 0 Å². The molecule has 2 aromatic heterocycles. The highest BCUT2D eigenvalue weighted by atomic mass is 32.1. The van der Waals surface area contributed by atoms with Crippen LogP contribution in [0.1, 0.15) is 5.82 Å². The Labute approximate surface area is 66.7 Å². The van der Waals surface area contributed by atoms with Crippen LogP contribution in [0.15, 0.2) is 16.2 Å². The van der Waals surface area contributed by atoms with Crippen molar-refractivity contribution in [1.29, 1.82) is 0 Å². The van der Waals surface area contributed by atoms with Crippen LogP contribution in [0.2, 0.25) is 0 Å². The Balaban J connectivity index is 3.02. The first-order valence-corrected chi connectivity index (χ1v) is 4.09. The van der Waals surface area contributed by atoms with Crippen LogP contribution in [0.5, 0.6) is 0 Å². The molecule has 0 aliphatic heterocycles. The van der Waals surface area contributed by atoms with E-state index < -0.39 is 0 Å². The molecule has 2 rings (SSSR count). The molecular formula is C7H6N2OS. The van der Waals surface area contributed by atoms with Crippen molar-refractivity contribution in [3.8, 4) is 0 Å². The van der Waals surface area contributed by atoms with E-state index >= 15 is 0 Å². The van der Waals surface area contributed by atoms with Gasteiger partial charge in [-0.25, -0.2) is 4.98 Å². The van der Waals surface area contributed by atoms with E-state index in [9.17, 15) is 4.79 Å². The van der Waals surface area contributed by atoms with E-state index in [-0.39, 0.29) is 5.56 Å². The molecule has 56 valence electrons. The fraction of sp³-hybridized carbons (Fsp3) is 0.143. The number of nitrogens with one attached hydrogen (secondary N) is 1. The SMILES string of the molecule is Cc1nc2sccc2c(=O)[nH]1. The number of thiophene rings is 1. The minimum Gasteiger partial charge on any atom is -0.310 e. The summed E-state index contributed by atoms with van der Waals surface area (Å²) in [6, 6.07) is 1.78. The van der Waals surface area contributed by atoms with Gasteiger partial charge in [-0.2, -0.15) is 0 Å². The smallest absolute Gasteiger partial charge is 0.259 e. The topological polar surface area (TPSA) is 45.8 Å². The molecule has 2 heterocycles. The zero-order chi connectivity index (χ0) is 7.84. The molecule has 4 heteroatoms. The van der Waals surface area contributed by atoms with E-state index in [1.54, 1.807) is 13.0 Å². The van der Waals surface area contributed by atoms with Crippen LogP contribution in [0.25, 0.3) is 10.2 Å². The first-order chi connectivity index (χ1) is 5.27. The summed E-state index contributed by atoms with van der Waals surface area (Å²) in [5.41, 5.74) is -0.0475. The molecule has 0 aromatic carbocycles. The molecular weight excluding hydrogens is 160 g/mol. The summed E-state index contributed by atoms with van der Waals surface area (Å²) >= 11 is 1.48. The molecule has 0 aliphatic carbocycles. The maximum Gasteiger partial charge on any atom is 0.259 e. The molecule has 3 nitrogen and oxygen atoms in total. The minimum atomic E-state index is -0.0475. The molecule has 0 atom stereocenters. The zero-order valence-corrected chi connectivity index (χ0v) is 6.73. The minimum absolute atomic E-state index is 0.0475. The van der Waals surface area contributed by atoms with Crippen molar-refractivity contribution in [1.82, 2.24) is 9.97 Å². The number of H-pyrrole nitrogens is 1. The summed E-state index contributed by atoms with van der Waals surface area (Å²) < 4.78 is 0. The van der Waals surface area contributed by atoms with Gasteiger partial charge in [0.25, 0.3) is 5.56 Å². The van der Waals surface area contributed by atoms with E-state index in [4.69, 9.17) is 0 Å². The highest BCUT2D eigenvalue weighted by Gasteiger charge is 2.00. The Morgan fingerprint density at radius 1 is 1.64 bits per heavy atom. The van der Waals surface area contributed by atoms with E-state index in [0.717, 1.165) is 4.83 Å². The highest BCUT2D eigenvalue weighted by molar-refractivity contribution is 7.16. The fourth-order valence-corrected chi connectivity index (χ4v) is 1.78. The maximum atomic E-state index is 11.2. The van der Waals surface area contributed by atoms with Gasteiger partial charge in [-0.1, -0.05) is 0 Å². The van der Waals surface area contributed by atoms with Gasteiger partial charge in [0.1, 0.15) is 10.7 Å². The molecule has 11 heavy (non-hydrogen) atoms. The quantitative estimate of drug-likeness (QED) is 0.641. The number of fused-ring (bicyclic) bond motifs is 1. The predicted molar refractivity (Wildman–Crippen MR) is 45.0 cm³/mol. The molecule has 0 saturated heterocycles. The Kier molecular flexibility index (Phi) is 1.29. The predicted octanol–water partition coefficient (Wildman–Crippen LogP) is 1.29. The van der Waals surface area contributed by atoms with Gasteiger partial charge in [0, 0.05) is 0 Å². The third kappa shape index (κ3) is 0.952. The largest absolute Gasteiger partial charge is 0.310 e. The second-order valence-corrected chi connectivity index (χ2v) is 3.19. The summed E-state index contributed by atoms with van der Waals surface area (Å²) in [7, 11) is 0. The van der Waals surface area contributed by atoms with Crippen molar-refractivity contribution in [3.05, 3.63) is 27.6 Å². The second-order valence-electron chi connectivity index (χ2n) is 2.29. The number of aromatic amines is 1. The molecule has 1 N–H and O–H groups in total. The van der Waals surface area contributed by atoms with E-state index in [1.165, 1.54) is 11.3 Å². The molecule has 0 spiro atoms. The normalized spacial score (nSPS) is 10.6. The van der Waals surface area contributed by atoms with Crippen LogP contribution in [0.3, 0.4) is 0 Å². The van der Waals surface area contributed by atoms with Crippen molar-refractivity contribution in [2.24, 2.45) is 0 Å². The van der Waals surface area contributed by atoms with Crippen LogP contribution in [0, 0.1) is 6.92 Å². The molecule has 0 unspecified atom stereocenters. The Bertz CT molecular complexity index is 443. The summed E-state index contributed by atoms with van der Waals surface area (Å²) in [4.78, 5) is 18.8. The number of aromatic nitrogens is 2. The van der Waals surface area contributed by atoms with Crippen LogP contribution in [-0.4, -0.2) is 9.97 Å². The Morgan fingerprint density at radius 3 is 3.27 bits per heavy atom. The molecule has 0 saturated carbocycles. The van der Waals surface area contributed by atoms with Crippen molar-refractivity contribution >= 4 is 21.6 Å². The summed E-state index contributed by atoms with van der Waals surface area (Å²) in [6.45, 7) is 1.78. The van der Waals surface area contributed by atoms with E-state index in [1.807, 2.05) is 5.38 Å². The lowest BCUT2D eigenvalue weighted by molar-refractivity contribution is 1.07. The number of hydrogen-bond acceptors (Lipinski definition) is 3. The van der Waals surface area contributed by atoms with Gasteiger partial charge in [0.15, 0.2) is 0 Å². The van der Waals surface area contributed by atoms with E-state index in [0.29, 0.717) is 11.2 Å². The molecule has 2 aromatic rings. The zero-order valence-electron chi connectivity index (χ0n) is 5.92. The van der Waals surface area contributed by atoms with Crippen molar-refractivity contribution in [2.75, 3.05) is 0 Å². The lowest BCUT2D eigenvalue weighted by Gasteiger charge is -1.90. The number of rotatable bonds is 0. The summed E-state index contributed by atoms with van der Waals surface area (Å²) in [6.07, 6.45) is 0. The Hall–Kier alpha value is -1.16. The van der Waals surface area contributed by atoms with Gasteiger partial charge >= 0.3 is 0 Å². The fourth-order valence-electron chi connectivity index (χ4n) is 0.973. The standard InChI is InChI=1S/C7H6N2OS/c1-4-8-6(10)5-2-3-11-7(5)9-4/h2-3H,1H3,(H,8,9,10). The van der Waals surface area contributed by atoms with Crippen LogP contribution < -0.4 is 5.56 Å². The highest BCUT2D eigenvalue weighted by Crippen LogP contribution is 2.13. The van der Waals surface area contributed by atoms with Crippen molar-refractivity contribution in [3.63, 3.8) is 0 Å². The van der Waals surface area contributed by atoms with Gasteiger partial charge in [0.05, 0.1) is 5.39 Å². The molecule has 0 aliphatic rings. The maximum absolute atomic E-state index is 11.2. The summed E-state index contributed by atoms with van der Waals surface area (Å²) in [5, 5.41) is 2.55. The molecule has 0 fully saturated rings. The average Bonchev–Trinajstić information content (AvgIpc) is 2.34. The van der Waals surface area contributed by atoms with Gasteiger partial charge in [-0.05, 0) is 18.4 Å². The molecule has 0 bridgehead atoms. The first kappa shape index (κ1) is 6.54. The average molecular weight is 166 g/mol. The molecule has 0 amide bonds. The number of hydrogen-bond donors (Lipinski definition) is 1. The number of aryl methyl sites for hydroxylation is 1. The van der Waals surface area contributed by atoms with Gasteiger partial charge in [-0.3, -0.25) is 4.79 Å². The van der Waals surface area contributed by atoms with Crippen LogP contribution >= 0.6 is 11.3 Å². The second kappa shape index (κ2) is 2.17. The van der Waals surface area contributed by atoms with Gasteiger partial charge in [-0.15, -0.1) is 11.3 Å². The van der Waals surface area contributed by atoms with E-state index in [2.05, 4.69) is 9.97 Å². The van der Waals surface area contributed by atoms with Crippen molar-refractivity contribution in [2.45, 2.75) is 6.92 Å². The first-order valence-electron chi connectivity index (χ1n) is 3.21. The monoisotopic (exact) mass is 166 g/mol. The third-order valence-electron chi connectivity index (χ3n) is 1.45. The number of nitrogens with zero attached hydrogens (tertiary/aromatic N) is 1. The van der Waals surface area contributed by atoms with Gasteiger partial charge in [0.2, 0.25) is 0 Å². The van der Waals surface area contributed by atoms with Crippen LogP contribution in [-0.2, 0) is 0 Å².